The number of hydrogen-bond donors (Lipinski definition) is 0. The highest BCUT2D eigenvalue weighted by Crippen LogP contribution is 1.99. The maximum atomic E-state index is 12.0. The fourth-order valence-corrected chi connectivity index (χ4v) is 2.84. The van der Waals surface area contributed by atoms with Crippen molar-refractivity contribution in [1.29, 1.82) is 0 Å². The van der Waals surface area contributed by atoms with Gasteiger partial charge < -0.3 is 28.9 Å². The van der Waals surface area contributed by atoms with Gasteiger partial charge in [0.15, 0.2) is 0 Å². The molecular weight excluding hydrogens is 404 g/mol. The molecule has 0 bridgehead atoms. The molecule has 182 valence electrons. The zero-order chi connectivity index (χ0) is 23.6. The van der Waals surface area contributed by atoms with E-state index in [0.717, 1.165) is 0 Å². The summed E-state index contributed by atoms with van der Waals surface area (Å²) in [5.74, 6) is 0. The minimum atomic E-state index is -0.356. The van der Waals surface area contributed by atoms with Gasteiger partial charge in [0.25, 0.3) is 0 Å². The average Bonchev–Trinajstić information content (AvgIpc) is 2.76. The topological polar surface area (TPSA) is 91.9 Å². The van der Waals surface area contributed by atoms with Crippen LogP contribution in [0, 0.1) is 0 Å². The number of nitrogens with zero attached hydrogens (tertiary/aromatic N) is 4. The van der Waals surface area contributed by atoms with Gasteiger partial charge in [0.05, 0.1) is 0 Å². The summed E-state index contributed by atoms with van der Waals surface area (Å²) in [5.41, 5.74) is 0. The molecule has 0 radical (unpaired) electrons. The summed E-state index contributed by atoms with van der Waals surface area (Å²) in [4.78, 5) is 42.8. The predicted octanol–water partition coefficient (Wildman–Crippen LogP) is 2.72. The largest absolute Gasteiger partial charge is 0.448 e. The van der Waals surface area contributed by atoms with Gasteiger partial charge in [-0.3, -0.25) is 4.90 Å². The van der Waals surface area contributed by atoms with Crippen LogP contribution >= 0.6 is 0 Å². The summed E-state index contributed by atoms with van der Waals surface area (Å²) in [7, 11) is 0. The molecule has 0 heterocycles. The second-order valence-corrected chi connectivity index (χ2v) is 6.70. The Morgan fingerprint density at radius 1 is 0.484 bits per heavy atom. The van der Waals surface area contributed by atoms with Crippen molar-refractivity contribution >= 4 is 18.3 Å². The monoisotopic (exact) mass is 446 g/mol. The molecule has 10 nitrogen and oxygen atoms in total. The summed E-state index contributed by atoms with van der Waals surface area (Å²) in [6.07, 6.45) is -1.07. The Hall–Kier alpha value is -2.23. The minimum Gasteiger partial charge on any atom is -0.448 e. The standard InChI is InChI=1S/C21H42N4O6/c1-7-23(8-2)19(26)29-16-13-22(14-17-30-20(27)24(9-3)10-4)15-18-31-21(28)25(11-5)12-6/h7-18H2,1-6H3. The van der Waals surface area contributed by atoms with Crippen LogP contribution in [-0.2, 0) is 14.2 Å². The predicted molar refractivity (Wildman–Crippen MR) is 119 cm³/mol. The van der Waals surface area contributed by atoms with E-state index < -0.39 is 0 Å². The summed E-state index contributed by atoms with van der Waals surface area (Å²) in [6.45, 7) is 16.8. The fraction of sp³-hybridized carbons (Fsp3) is 0.857. The van der Waals surface area contributed by atoms with Crippen LogP contribution < -0.4 is 0 Å². The van der Waals surface area contributed by atoms with Crippen molar-refractivity contribution in [3.8, 4) is 0 Å². The van der Waals surface area contributed by atoms with E-state index >= 15 is 0 Å². The van der Waals surface area contributed by atoms with Crippen molar-refractivity contribution in [1.82, 2.24) is 19.6 Å². The van der Waals surface area contributed by atoms with Crippen molar-refractivity contribution in [3.63, 3.8) is 0 Å². The fourth-order valence-electron chi connectivity index (χ4n) is 2.84. The molecule has 0 saturated carbocycles. The van der Waals surface area contributed by atoms with Crippen molar-refractivity contribution in [2.45, 2.75) is 41.5 Å². The number of amides is 3. The van der Waals surface area contributed by atoms with Crippen molar-refractivity contribution < 1.29 is 28.6 Å². The summed E-state index contributed by atoms with van der Waals surface area (Å²) in [5, 5.41) is 0. The number of hydrogen-bond acceptors (Lipinski definition) is 7. The Labute approximate surface area is 187 Å². The van der Waals surface area contributed by atoms with E-state index in [1.165, 1.54) is 0 Å². The minimum absolute atomic E-state index is 0.198. The molecule has 0 aliphatic carbocycles. The quantitative estimate of drug-likeness (QED) is 0.357. The lowest BCUT2D eigenvalue weighted by Gasteiger charge is -2.25. The van der Waals surface area contributed by atoms with Crippen LogP contribution in [-0.4, -0.2) is 117 Å². The zero-order valence-corrected chi connectivity index (χ0v) is 20.2. The van der Waals surface area contributed by atoms with Crippen LogP contribution in [0.3, 0.4) is 0 Å². The number of rotatable bonds is 15. The maximum Gasteiger partial charge on any atom is 0.409 e. The maximum absolute atomic E-state index is 12.0. The van der Waals surface area contributed by atoms with Crippen LogP contribution in [0.1, 0.15) is 41.5 Å². The highest BCUT2D eigenvalue weighted by Gasteiger charge is 2.16. The van der Waals surface area contributed by atoms with Crippen LogP contribution in [0.5, 0.6) is 0 Å². The first-order valence-electron chi connectivity index (χ1n) is 11.4. The van der Waals surface area contributed by atoms with E-state index in [1.807, 2.05) is 46.4 Å². The molecular formula is C21H42N4O6. The van der Waals surface area contributed by atoms with Gasteiger partial charge in [-0.2, -0.15) is 0 Å². The number of ether oxygens (including phenoxy) is 3. The van der Waals surface area contributed by atoms with E-state index in [2.05, 4.69) is 0 Å². The molecule has 0 rings (SSSR count). The highest BCUT2D eigenvalue weighted by atomic mass is 16.6. The third-order valence-corrected chi connectivity index (χ3v) is 4.96. The third kappa shape index (κ3) is 11.7. The smallest absolute Gasteiger partial charge is 0.409 e. The lowest BCUT2D eigenvalue weighted by molar-refractivity contribution is 0.0640. The molecule has 0 aromatic rings. The normalized spacial score (nSPS) is 10.5. The van der Waals surface area contributed by atoms with Crippen LogP contribution in [0.2, 0.25) is 0 Å². The van der Waals surface area contributed by atoms with Gasteiger partial charge >= 0.3 is 18.3 Å². The van der Waals surface area contributed by atoms with Gasteiger partial charge in [-0.25, -0.2) is 14.4 Å². The van der Waals surface area contributed by atoms with E-state index in [0.29, 0.717) is 58.9 Å². The SMILES string of the molecule is CCN(CC)C(=O)OCCN(CCOC(=O)N(CC)CC)CCOC(=O)N(CC)CC. The molecule has 0 aliphatic heterocycles. The lowest BCUT2D eigenvalue weighted by Crippen LogP contribution is -2.39. The molecule has 3 amide bonds. The molecule has 0 aromatic carbocycles. The first-order chi connectivity index (χ1) is 14.9. The Balaban J connectivity index is 4.64. The molecule has 31 heavy (non-hydrogen) atoms. The second-order valence-electron chi connectivity index (χ2n) is 6.70. The van der Waals surface area contributed by atoms with E-state index in [9.17, 15) is 14.4 Å². The first kappa shape index (κ1) is 28.8. The van der Waals surface area contributed by atoms with Gasteiger partial charge in [-0.15, -0.1) is 0 Å². The molecule has 0 atom stereocenters. The molecule has 0 aliphatic rings. The van der Waals surface area contributed by atoms with E-state index in [1.54, 1.807) is 14.7 Å². The Morgan fingerprint density at radius 2 is 0.710 bits per heavy atom. The average molecular weight is 447 g/mol. The number of carbonyl (C=O) groups is 3. The highest BCUT2D eigenvalue weighted by molar-refractivity contribution is 5.68. The van der Waals surface area contributed by atoms with Crippen molar-refractivity contribution in [2.24, 2.45) is 0 Å². The van der Waals surface area contributed by atoms with Gasteiger partial charge in [0.2, 0.25) is 0 Å². The summed E-state index contributed by atoms with van der Waals surface area (Å²) >= 11 is 0. The molecule has 0 saturated heterocycles. The van der Waals surface area contributed by atoms with Crippen LogP contribution in [0.25, 0.3) is 0 Å². The third-order valence-electron chi connectivity index (χ3n) is 4.96. The Kier molecular flexibility index (Phi) is 16.2. The van der Waals surface area contributed by atoms with Crippen LogP contribution in [0.15, 0.2) is 0 Å². The number of carbonyl (C=O) groups excluding carboxylic acids is 3. The van der Waals surface area contributed by atoms with Gasteiger partial charge in [0.1, 0.15) is 19.8 Å². The van der Waals surface area contributed by atoms with E-state index in [-0.39, 0.29) is 38.1 Å². The molecule has 0 unspecified atom stereocenters. The van der Waals surface area contributed by atoms with Gasteiger partial charge in [-0.1, -0.05) is 0 Å². The summed E-state index contributed by atoms with van der Waals surface area (Å²) in [6, 6.07) is 0. The lowest BCUT2D eigenvalue weighted by atomic mass is 10.4. The van der Waals surface area contributed by atoms with E-state index in [4.69, 9.17) is 14.2 Å². The van der Waals surface area contributed by atoms with Gasteiger partial charge in [-0.05, 0) is 41.5 Å². The first-order valence-corrected chi connectivity index (χ1v) is 11.4. The Bertz CT molecular complexity index is 437. The second kappa shape index (κ2) is 17.5. The molecule has 0 aromatic heterocycles. The molecule has 0 spiro atoms. The molecule has 0 fully saturated rings. The zero-order valence-electron chi connectivity index (χ0n) is 20.2. The molecule has 0 N–H and O–H groups in total. The van der Waals surface area contributed by atoms with Crippen molar-refractivity contribution in [3.05, 3.63) is 0 Å². The molecule has 10 heteroatoms. The van der Waals surface area contributed by atoms with Gasteiger partial charge in [0, 0.05) is 58.9 Å². The van der Waals surface area contributed by atoms with Crippen molar-refractivity contribution in [2.75, 3.05) is 78.7 Å². The summed E-state index contributed by atoms with van der Waals surface area (Å²) < 4.78 is 16.0. The van der Waals surface area contributed by atoms with Crippen LogP contribution in [0.4, 0.5) is 14.4 Å². The Morgan fingerprint density at radius 3 is 0.903 bits per heavy atom.